The summed E-state index contributed by atoms with van der Waals surface area (Å²) >= 11 is 0. The van der Waals surface area contributed by atoms with Crippen LogP contribution in [0.3, 0.4) is 0 Å². The van der Waals surface area contributed by atoms with Gasteiger partial charge in [0.2, 0.25) is 0 Å². The molecule has 2 aromatic carbocycles. The molecule has 110 valence electrons. The maximum Gasteiger partial charge on any atom is 0.338 e. The zero-order valence-electron chi connectivity index (χ0n) is 11.9. The molecule has 4 nitrogen and oxygen atoms in total. The zero-order valence-corrected chi connectivity index (χ0v) is 11.9. The van der Waals surface area contributed by atoms with Gasteiger partial charge in [0.15, 0.2) is 0 Å². The fourth-order valence-electron chi connectivity index (χ4n) is 1.97. The number of aromatic hydroxyl groups is 2. The summed E-state index contributed by atoms with van der Waals surface area (Å²) in [5, 5.41) is 19.3. The van der Waals surface area contributed by atoms with Crippen molar-refractivity contribution in [1.29, 1.82) is 0 Å². The van der Waals surface area contributed by atoms with E-state index in [1.165, 1.54) is 12.1 Å². The van der Waals surface area contributed by atoms with E-state index >= 15 is 0 Å². The van der Waals surface area contributed by atoms with E-state index in [1.54, 1.807) is 30.3 Å². The molecule has 0 unspecified atom stereocenters. The summed E-state index contributed by atoms with van der Waals surface area (Å²) in [4.78, 5) is 11.9. The lowest BCUT2D eigenvalue weighted by molar-refractivity contribution is 0.0499. The molecule has 0 heterocycles. The second-order valence-corrected chi connectivity index (χ2v) is 4.81. The van der Waals surface area contributed by atoms with Gasteiger partial charge < -0.3 is 14.9 Å². The number of phenols is 2. The number of benzene rings is 2. The van der Waals surface area contributed by atoms with Crippen molar-refractivity contribution >= 4 is 5.97 Å². The Balaban J connectivity index is 2.27. The summed E-state index contributed by atoms with van der Waals surface area (Å²) < 4.78 is 5.14. The molecule has 0 saturated heterocycles. The lowest BCUT2D eigenvalue weighted by atomic mass is 10.0. The monoisotopic (exact) mass is 286 g/mol. The van der Waals surface area contributed by atoms with Crippen LogP contribution in [0.2, 0.25) is 0 Å². The van der Waals surface area contributed by atoms with Gasteiger partial charge in [0.05, 0.1) is 12.2 Å². The van der Waals surface area contributed by atoms with E-state index in [4.69, 9.17) is 4.74 Å². The first-order valence-electron chi connectivity index (χ1n) is 6.90. The first-order valence-corrected chi connectivity index (χ1v) is 6.90. The Hall–Kier alpha value is -2.49. The molecule has 0 saturated carbocycles. The van der Waals surface area contributed by atoms with Gasteiger partial charge in [0, 0.05) is 0 Å². The molecule has 2 N–H and O–H groups in total. The minimum Gasteiger partial charge on any atom is -0.508 e. The minimum atomic E-state index is -0.458. The average molecular weight is 286 g/mol. The van der Waals surface area contributed by atoms with Crippen molar-refractivity contribution in [2.24, 2.45) is 0 Å². The fraction of sp³-hybridized carbons (Fsp3) is 0.235. The quantitative estimate of drug-likeness (QED) is 0.649. The molecule has 0 aliphatic carbocycles. The Labute approximate surface area is 123 Å². The zero-order chi connectivity index (χ0) is 15.2. The van der Waals surface area contributed by atoms with E-state index in [2.05, 4.69) is 0 Å². The molecule has 0 amide bonds. The summed E-state index contributed by atoms with van der Waals surface area (Å²) in [5.41, 5.74) is 1.66. The Morgan fingerprint density at radius 2 is 1.81 bits per heavy atom. The maximum atomic E-state index is 11.9. The topological polar surface area (TPSA) is 66.8 Å². The van der Waals surface area contributed by atoms with Crippen molar-refractivity contribution in [3.05, 3.63) is 48.0 Å². The first-order chi connectivity index (χ1) is 10.1. The second-order valence-electron chi connectivity index (χ2n) is 4.81. The van der Waals surface area contributed by atoms with Crippen molar-refractivity contribution < 1.29 is 19.7 Å². The second kappa shape index (κ2) is 6.79. The molecule has 0 fully saturated rings. The highest BCUT2D eigenvalue weighted by atomic mass is 16.5. The molecule has 2 rings (SSSR count). The lowest BCUT2D eigenvalue weighted by Crippen LogP contribution is -2.06. The van der Waals surface area contributed by atoms with Crippen LogP contribution >= 0.6 is 0 Å². The van der Waals surface area contributed by atoms with Gasteiger partial charge in [-0.15, -0.1) is 0 Å². The molecule has 0 radical (unpaired) electrons. The molecular weight excluding hydrogens is 268 g/mol. The van der Waals surface area contributed by atoms with Crippen LogP contribution in [0.4, 0.5) is 0 Å². The summed E-state index contributed by atoms with van der Waals surface area (Å²) in [6, 6.07) is 11.2. The predicted molar refractivity (Wildman–Crippen MR) is 80.4 cm³/mol. The number of esters is 1. The molecular formula is C17H18O4. The van der Waals surface area contributed by atoms with E-state index in [-0.39, 0.29) is 11.5 Å². The maximum absolute atomic E-state index is 11.9. The van der Waals surface area contributed by atoms with Gasteiger partial charge in [-0.05, 0) is 47.9 Å². The molecule has 0 atom stereocenters. The number of phenolic OH excluding ortho intramolecular Hbond substituents is 2. The fourth-order valence-corrected chi connectivity index (χ4v) is 1.97. The Bertz CT molecular complexity index is 634. The van der Waals surface area contributed by atoms with Gasteiger partial charge in [-0.2, -0.15) is 0 Å². The average Bonchev–Trinajstić information content (AvgIpc) is 2.47. The summed E-state index contributed by atoms with van der Waals surface area (Å²) in [6.07, 6.45) is 1.76. The highest BCUT2D eigenvalue weighted by molar-refractivity contribution is 5.91. The summed E-state index contributed by atoms with van der Waals surface area (Å²) in [6.45, 7) is 2.38. The van der Waals surface area contributed by atoms with Crippen LogP contribution in [0, 0.1) is 0 Å². The van der Waals surface area contributed by atoms with E-state index < -0.39 is 5.97 Å². The molecule has 0 spiro atoms. The first kappa shape index (κ1) is 14.9. The number of unbranched alkanes of at least 4 members (excludes halogenated alkanes) is 1. The van der Waals surface area contributed by atoms with Crippen molar-refractivity contribution in [2.75, 3.05) is 6.61 Å². The van der Waals surface area contributed by atoms with E-state index in [9.17, 15) is 15.0 Å². The lowest BCUT2D eigenvalue weighted by Gasteiger charge is -2.08. The Morgan fingerprint density at radius 1 is 1.05 bits per heavy atom. The summed E-state index contributed by atoms with van der Waals surface area (Å²) in [7, 11) is 0. The Kier molecular flexibility index (Phi) is 4.82. The number of carbonyl (C=O) groups excluding carboxylic acids is 1. The van der Waals surface area contributed by atoms with Gasteiger partial charge in [-0.3, -0.25) is 0 Å². The molecule has 2 aromatic rings. The van der Waals surface area contributed by atoms with Crippen LogP contribution in [0.15, 0.2) is 42.5 Å². The number of hydrogen-bond acceptors (Lipinski definition) is 4. The number of rotatable bonds is 5. The third-order valence-corrected chi connectivity index (χ3v) is 3.06. The van der Waals surface area contributed by atoms with Gasteiger partial charge in [0.25, 0.3) is 0 Å². The molecule has 0 aliphatic heterocycles. The van der Waals surface area contributed by atoms with E-state index in [0.29, 0.717) is 23.3 Å². The van der Waals surface area contributed by atoms with E-state index in [0.717, 1.165) is 12.8 Å². The molecule has 0 bridgehead atoms. The van der Waals surface area contributed by atoms with Crippen molar-refractivity contribution in [3.63, 3.8) is 0 Å². The van der Waals surface area contributed by atoms with Gasteiger partial charge in [-0.1, -0.05) is 25.5 Å². The largest absolute Gasteiger partial charge is 0.508 e. The highest BCUT2D eigenvalue weighted by Gasteiger charge is 2.11. The third-order valence-electron chi connectivity index (χ3n) is 3.06. The number of carbonyl (C=O) groups is 1. The van der Waals surface area contributed by atoms with Crippen molar-refractivity contribution in [2.45, 2.75) is 19.8 Å². The highest BCUT2D eigenvalue weighted by Crippen LogP contribution is 2.28. The van der Waals surface area contributed by atoms with Crippen molar-refractivity contribution in [3.8, 4) is 22.6 Å². The van der Waals surface area contributed by atoms with Crippen LogP contribution in [0.1, 0.15) is 30.1 Å². The summed E-state index contributed by atoms with van der Waals surface area (Å²) in [5.74, 6) is -0.345. The smallest absolute Gasteiger partial charge is 0.338 e. The minimum absolute atomic E-state index is 0.0155. The Morgan fingerprint density at radius 3 is 2.52 bits per heavy atom. The van der Waals surface area contributed by atoms with E-state index in [1.807, 2.05) is 6.92 Å². The van der Waals surface area contributed by atoms with Crippen LogP contribution in [0.5, 0.6) is 11.5 Å². The molecule has 0 aliphatic rings. The third kappa shape index (κ3) is 3.99. The van der Waals surface area contributed by atoms with Crippen LogP contribution in [-0.2, 0) is 4.74 Å². The number of ether oxygens (including phenoxy) is 1. The predicted octanol–water partition coefficient (Wildman–Crippen LogP) is 3.72. The molecule has 0 aromatic heterocycles. The van der Waals surface area contributed by atoms with Crippen molar-refractivity contribution in [1.82, 2.24) is 0 Å². The van der Waals surface area contributed by atoms with Crippen LogP contribution in [0.25, 0.3) is 11.1 Å². The molecule has 21 heavy (non-hydrogen) atoms. The van der Waals surface area contributed by atoms with Gasteiger partial charge in [0.1, 0.15) is 11.5 Å². The van der Waals surface area contributed by atoms with Crippen LogP contribution < -0.4 is 0 Å². The van der Waals surface area contributed by atoms with Gasteiger partial charge >= 0.3 is 5.97 Å². The molecule has 4 heteroatoms. The normalized spacial score (nSPS) is 10.3. The standard InChI is InChI=1S/C17H18O4/c1-2-3-7-21-17(20)14-8-13(10-16(19)11-14)12-5-4-6-15(18)9-12/h4-6,8-11,18-19H,2-3,7H2,1H3. The van der Waals surface area contributed by atoms with Crippen LogP contribution in [-0.4, -0.2) is 22.8 Å². The SMILES string of the molecule is CCCCOC(=O)c1cc(O)cc(-c2cccc(O)c2)c1. The number of hydrogen-bond donors (Lipinski definition) is 2. The van der Waals surface area contributed by atoms with Gasteiger partial charge in [-0.25, -0.2) is 4.79 Å².